The molecule has 130 valence electrons. The van der Waals surface area contributed by atoms with Crippen molar-refractivity contribution in [1.29, 1.82) is 0 Å². The van der Waals surface area contributed by atoms with Gasteiger partial charge in [0.1, 0.15) is 5.82 Å². The quantitative estimate of drug-likeness (QED) is 0.771. The van der Waals surface area contributed by atoms with E-state index in [0.29, 0.717) is 16.8 Å². The van der Waals surface area contributed by atoms with Crippen LogP contribution in [0.1, 0.15) is 18.5 Å². The van der Waals surface area contributed by atoms with Gasteiger partial charge < -0.3 is 14.8 Å². The molecule has 1 heterocycles. The first-order valence-corrected chi connectivity index (χ1v) is 8.01. The number of methoxy groups -OCH3 is 2. The molecule has 0 saturated heterocycles. The molecule has 6 nitrogen and oxygen atoms in total. The molecule has 1 aliphatic rings. The van der Waals surface area contributed by atoms with Crippen LogP contribution in [0.5, 0.6) is 0 Å². The molecule has 0 aromatic heterocycles. The monoisotopic (exact) mass is 400 g/mol. The lowest BCUT2D eigenvalue weighted by Gasteiger charge is -2.35. The number of hydrogen-bond acceptors (Lipinski definition) is 4. The number of carbonyl (C=O) groups excluding carboxylic acids is 2. The summed E-state index contributed by atoms with van der Waals surface area (Å²) in [4.78, 5) is 26.0. The van der Waals surface area contributed by atoms with E-state index in [0.717, 1.165) is 0 Å². The van der Waals surface area contributed by atoms with Gasteiger partial charge in [-0.05, 0) is 19.1 Å². The van der Waals surface area contributed by atoms with Crippen LogP contribution in [-0.2, 0) is 14.3 Å². The smallest absolute Gasteiger partial charge is 0.337 e. The number of nitrogens with zero attached hydrogens (tertiary/aromatic N) is 1. The average molecular weight is 401 g/mol. The van der Waals surface area contributed by atoms with Crippen molar-refractivity contribution in [3.63, 3.8) is 0 Å². The lowest BCUT2D eigenvalue weighted by molar-refractivity contribution is -0.136. The number of amides is 2. The fourth-order valence-corrected chi connectivity index (χ4v) is 2.91. The molecule has 0 bridgehead atoms. The maximum atomic E-state index is 14.3. The Labute approximate surface area is 147 Å². The molecule has 0 radical (unpaired) electrons. The fraction of sp³-hybridized carbons (Fsp3) is 0.375. The lowest BCUT2D eigenvalue weighted by Crippen LogP contribution is -2.49. The van der Waals surface area contributed by atoms with E-state index >= 15 is 0 Å². The largest absolute Gasteiger partial charge is 0.466 e. The van der Waals surface area contributed by atoms with Crippen LogP contribution in [0.3, 0.4) is 0 Å². The van der Waals surface area contributed by atoms with Gasteiger partial charge in [-0.25, -0.2) is 14.0 Å². The normalized spacial score (nSPS) is 17.8. The number of urea groups is 1. The molecule has 0 saturated carbocycles. The van der Waals surface area contributed by atoms with Crippen molar-refractivity contribution in [2.45, 2.75) is 13.0 Å². The third-order valence-electron chi connectivity index (χ3n) is 3.79. The van der Waals surface area contributed by atoms with Crippen molar-refractivity contribution < 1.29 is 23.5 Å². The van der Waals surface area contributed by atoms with Crippen molar-refractivity contribution in [2.24, 2.45) is 0 Å². The highest BCUT2D eigenvalue weighted by molar-refractivity contribution is 9.10. The third-order valence-corrected chi connectivity index (χ3v) is 4.29. The first-order chi connectivity index (χ1) is 11.4. The highest BCUT2D eigenvalue weighted by Gasteiger charge is 2.37. The first kappa shape index (κ1) is 18.4. The molecular weight excluding hydrogens is 383 g/mol. The van der Waals surface area contributed by atoms with Gasteiger partial charge in [-0.1, -0.05) is 22.0 Å². The van der Waals surface area contributed by atoms with E-state index in [2.05, 4.69) is 21.2 Å². The second kappa shape index (κ2) is 7.76. The number of allylic oxidation sites excluding steroid dienone is 1. The van der Waals surface area contributed by atoms with Gasteiger partial charge in [0.15, 0.2) is 0 Å². The molecule has 1 unspecified atom stereocenters. The summed E-state index contributed by atoms with van der Waals surface area (Å²) < 4.78 is 24.7. The molecule has 8 heteroatoms. The zero-order valence-electron chi connectivity index (χ0n) is 13.6. The summed E-state index contributed by atoms with van der Waals surface area (Å²) in [5.41, 5.74) is 0.794. The summed E-state index contributed by atoms with van der Waals surface area (Å²) in [6, 6.07) is 3.10. The number of carbonyl (C=O) groups is 2. The molecular formula is C16H18BrFN2O4. The molecule has 1 N–H and O–H groups in total. The van der Waals surface area contributed by atoms with Crippen LogP contribution in [-0.4, -0.2) is 44.3 Å². The van der Waals surface area contributed by atoms with Crippen molar-refractivity contribution >= 4 is 27.9 Å². The number of halogens is 2. The van der Waals surface area contributed by atoms with Gasteiger partial charge in [0.05, 0.1) is 31.9 Å². The second-order valence-corrected chi connectivity index (χ2v) is 6.10. The van der Waals surface area contributed by atoms with Gasteiger partial charge in [-0.2, -0.15) is 0 Å². The van der Waals surface area contributed by atoms with E-state index in [4.69, 9.17) is 9.47 Å². The molecule has 0 aliphatic carbocycles. The Bertz CT molecular complexity index is 693. The van der Waals surface area contributed by atoms with E-state index in [-0.39, 0.29) is 17.7 Å². The fourth-order valence-electron chi connectivity index (χ4n) is 2.58. The minimum Gasteiger partial charge on any atom is -0.466 e. The average Bonchev–Trinajstić information content (AvgIpc) is 2.53. The summed E-state index contributed by atoms with van der Waals surface area (Å²) in [5, 5.41) is 2.67. The first-order valence-electron chi connectivity index (χ1n) is 7.21. The van der Waals surface area contributed by atoms with E-state index in [9.17, 15) is 14.0 Å². The molecule has 1 aromatic rings. The Hall–Kier alpha value is -1.93. The summed E-state index contributed by atoms with van der Waals surface area (Å²) in [5.74, 6) is -1.16. The van der Waals surface area contributed by atoms with Crippen LogP contribution < -0.4 is 5.32 Å². The van der Waals surface area contributed by atoms with Gasteiger partial charge >= 0.3 is 12.0 Å². The SMILES string of the molecule is COCCN1C(=O)NC(c2ccc(Br)cc2F)C(C(=O)OC)=C1C. The lowest BCUT2D eigenvalue weighted by atomic mass is 9.94. The number of rotatable bonds is 5. The van der Waals surface area contributed by atoms with Crippen molar-refractivity contribution in [2.75, 3.05) is 27.4 Å². The molecule has 1 atom stereocenters. The Morgan fingerprint density at radius 1 is 1.42 bits per heavy atom. The van der Waals surface area contributed by atoms with Crippen LogP contribution in [0.2, 0.25) is 0 Å². The number of esters is 1. The highest BCUT2D eigenvalue weighted by Crippen LogP contribution is 2.33. The maximum absolute atomic E-state index is 14.3. The summed E-state index contributed by atoms with van der Waals surface area (Å²) in [7, 11) is 2.76. The number of ether oxygens (including phenoxy) is 2. The van der Waals surface area contributed by atoms with Crippen LogP contribution in [0.4, 0.5) is 9.18 Å². The summed E-state index contributed by atoms with van der Waals surface area (Å²) >= 11 is 3.19. The minimum atomic E-state index is -0.920. The summed E-state index contributed by atoms with van der Waals surface area (Å²) in [6.45, 7) is 2.20. The highest BCUT2D eigenvalue weighted by atomic mass is 79.9. The predicted octanol–water partition coefficient (Wildman–Crippen LogP) is 2.75. The van der Waals surface area contributed by atoms with Gasteiger partial charge in [0.25, 0.3) is 0 Å². The van der Waals surface area contributed by atoms with E-state index in [1.165, 1.54) is 31.3 Å². The Balaban J connectivity index is 2.52. The maximum Gasteiger partial charge on any atom is 0.337 e. The van der Waals surface area contributed by atoms with Crippen molar-refractivity contribution in [1.82, 2.24) is 10.2 Å². The van der Waals surface area contributed by atoms with Gasteiger partial charge in [-0.15, -0.1) is 0 Å². The van der Waals surface area contributed by atoms with E-state index in [1.807, 2.05) is 0 Å². The minimum absolute atomic E-state index is 0.189. The van der Waals surface area contributed by atoms with Gasteiger partial charge in [0, 0.05) is 22.8 Å². The van der Waals surface area contributed by atoms with Crippen LogP contribution in [0.15, 0.2) is 33.9 Å². The van der Waals surface area contributed by atoms with Crippen LogP contribution in [0, 0.1) is 5.82 Å². The third kappa shape index (κ3) is 3.59. The Kier molecular flexibility index (Phi) is 5.95. The zero-order chi connectivity index (χ0) is 17.9. The van der Waals surface area contributed by atoms with E-state index in [1.54, 1.807) is 13.0 Å². The van der Waals surface area contributed by atoms with Crippen molar-refractivity contribution in [3.8, 4) is 0 Å². The van der Waals surface area contributed by atoms with Crippen LogP contribution in [0.25, 0.3) is 0 Å². The predicted molar refractivity (Wildman–Crippen MR) is 88.7 cm³/mol. The number of hydrogen-bond donors (Lipinski definition) is 1. The van der Waals surface area contributed by atoms with Crippen molar-refractivity contribution in [3.05, 3.63) is 45.3 Å². The zero-order valence-corrected chi connectivity index (χ0v) is 15.1. The molecule has 1 aliphatic heterocycles. The second-order valence-electron chi connectivity index (χ2n) is 5.18. The molecule has 2 amide bonds. The molecule has 0 fully saturated rings. The number of nitrogens with one attached hydrogen (secondary N) is 1. The van der Waals surface area contributed by atoms with Gasteiger partial charge in [-0.3, -0.25) is 4.90 Å². The Morgan fingerprint density at radius 2 is 2.12 bits per heavy atom. The Morgan fingerprint density at radius 3 is 2.71 bits per heavy atom. The molecule has 1 aromatic carbocycles. The molecule has 0 spiro atoms. The molecule has 2 rings (SSSR count). The van der Waals surface area contributed by atoms with Crippen LogP contribution >= 0.6 is 15.9 Å². The van der Waals surface area contributed by atoms with Gasteiger partial charge in [0.2, 0.25) is 0 Å². The molecule has 24 heavy (non-hydrogen) atoms. The summed E-state index contributed by atoms with van der Waals surface area (Å²) in [6.07, 6.45) is 0. The topological polar surface area (TPSA) is 67.9 Å². The standard InChI is InChI=1S/C16H18BrFN2O4/c1-9-13(15(21)24-3)14(11-5-4-10(17)8-12(11)18)19-16(22)20(9)6-7-23-2/h4-5,8,14H,6-7H2,1-3H3,(H,19,22). The van der Waals surface area contributed by atoms with E-state index < -0.39 is 23.9 Å². The number of benzene rings is 1.